The van der Waals surface area contributed by atoms with Crippen LogP contribution in [0.4, 0.5) is 13.2 Å². The summed E-state index contributed by atoms with van der Waals surface area (Å²) in [4.78, 5) is 29.8. The van der Waals surface area contributed by atoms with Crippen molar-refractivity contribution in [1.29, 1.82) is 0 Å². The predicted molar refractivity (Wildman–Crippen MR) is 105 cm³/mol. The van der Waals surface area contributed by atoms with E-state index in [0.29, 0.717) is 22.4 Å². The van der Waals surface area contributed by atoms with Crippen LogP contribution >= 0.6 is 0 Å². The van der Waals surface area contributed by atoms with E-state index in [4.69, 9.17) is 0 Å². The lowest BCUT2D eigenvalue weighted by atomic mass is 9.49. The lowest BCUT2D eigenvalue weighted by Gasteiger charge is -2.56. The molecular weight excluding hydrogens is 395 g/mol. The Balaban J connectivity index is 1.44. The summed E-state index contributed by atoms with van der Waals surface area (Å²) in [6.45, 7) is 0. The standard InChI is InChI=1S/C22H24F3N3O2/c23-22(24,25)11-18-26-17-4-2-1-3-16(17)20(30)28(18)27-19(29)12-21-8-13-5-14(9-21)7-15(6-13)10-21/h1-4,13-15H,5-12H2,(H,27,29). The van der Waals surface area contributed by atoms with Crippen molar-refractivity contribution in [3.63, 3.8) is 0 Å². The quantitative estimate of drug-likeness (QED) is 0.809. The molecule has 4 aliphatic rings. The van der Waals surface area contributed by atoms with E-state index >= 15 is 0 Å². The van der Waals surface area contributed by atoms with Gasteiger partial charge in [0.1, 0.15) is 12.2 Å². The SMILES string of the molecule is O=C(CC12CC3CC(CC(C3)C1)C2)Nn1c(CC(F)(F)F)nc2ccccc2c1=O. The second kappa shape index (κ2) is 6.82. The molecule has 2 aromatic rings. The highest BCUT2D eigenvalue weighted by Gasteiger charge is 2.51. The fraction of sp³-hybridized carbons (Fsp3) is 0.591. The maximum atomic E-state index is 13.1. The molecule has 1 N–H and O–H groups in total. The third-order valence-electron chi connectivity index (χ3n) is 7.14. The van der Waals surface area contributed by atoms with Gasteiger partial charge >= 0.3 is 6.18 Å². The van der Waals surface area contributed by atoms with E-state index in [2.05, 4.69) is 10.4 Å². The molecule has 0 aliphatic heterocycles. The molecule has 6 rings (SSSR count). The maximum absolute atomic E-state index is 13.1. The number of rotatable bonds is 4. The number of nitrogens with one attached hydrogen (secondary N) is 1. The van der Waals surface area contributed by atoms with Crippen molar-refractivity contribution in [3.8, 4) is 0 Å². The Morgan fingerprint density at radius 2 is 1.70 bits per heavy atom. The first kappa shape index (κ1) is 19.6. The van der Waals surface area contributed by atoms with Gasteiger partial charge in [0.25, 0.3) is 5.56 Å². The molecular formula is C22H24F3N3O2. The van der Waals surface area contributed by atoms with Gasteiger partial charge in [-0.1, -0.05) is 12.1 Å². The van der Waals surface area contributed by atoms with Gasteiger partial charge in [-0.15, -0.1) is 0 Å². The van der Waals surface area contributed by atoms with Crippen LogP contribution in [0.1, 0.15) is 50.8 Å². The minimum Gasteiger partial charge on any atom is -0.273 e. The van der Waals surface area contributed by atoms with Gasteiger partial charge in [-0.05, 0) is 73.8 Å². The number of hydrogen-bond donors (Lipinski definition) is 1. The molecule has 4 aliphatic carbocycles. The zero-order valence-electron chi connectivity index (χ0n) is 16.5. The number of hydrogen-bond acceptors (Lipinski definition) is 3. The fourth-order valence-corrected chi connectivity index (χ4v) is 6.60. The van der Waals surface area contributed by atoms with Crippen molar-refractivity contribution in [3.05, 3.63) is 40.4 Å². The number of benzene rings is 1. The van der Waals surface area contributed by atoms with Crippen molar-refractivity contribution in [2.45, 2.75) is 57.5 Å². The summed E-state index contributed by atoms with van der Waals surface area (Å²) in [5.41, 5.74) is 1.91. The summed E-state index contributed by atoms with van der Waals surface area (Å²) < 4.78 is 40.0. The lowest BCUT2D eigenvalue weighted by Crippen LogP contribution is -2.48. The Bertz CT molecular complexity index is 1020. The van der Waals surface area contributed by atoms with Gasteiger partial charge in [0, 0.05) is 6.42 Å². The molecule has 5 nitrogen and oxygen atoms in total. The number of fused-ring (bicyclic) bond motifs is 1. The van der Waals surface area contributed by atoms with E-state index < -0.39 is 29.9 Å². The second-order valence-corrected chi connectivity index (χ2v) is 9.61. The van der Waals surface area contributed by atoms with Crippen molar-refractivity contribution in [2.75, 3.05) is 5.43 Å². The minimum absolute atomic E-state index is 0.0725. The molecule has 160 valence electrons. The van der Waals surface area contributed by atoms with E-state index in [1.165, 1.54) is 31.4 Å². The van der Waals surface area contributed by atoms with E-state index in [9.17, 15) is 22.8 Å². The summed E-state index contributed by atoms with van der Waals surface area (Å²) in [6.07, 6.45) is 1.06. The largest absolute Gasteiger partial charge is 0.396 e. The van der Waals surface area contributed by atoms with Gasteiger partial charge in [-0.25, -0.2) is 9.66 Å². The Morgan fingerprint density at radius 3 is 2.30 bits per heavy atom. The number of halogens is 3. The normalized spacial score (nSPS) is 30.0. The average molecular weight is 419 g/mol. The molecule has 0 spiro atoms. The van der Waals surface area contributed by atoms with Crippen LogP contribution in [0, 0.1) is 23.2 Å². The Hall–Kier alpha value is -2.38. The third kappa shape index (κ3) is 3.61. The third-order valence-corrected chi connectivity index (χ3v) is 7.14. The Labute approximate surface area is 171 Å². The average Bonchev–Trinajstić information content (AvgIpc) is 2.62. The van der Waals surface area contributed by atoms with Crippen LogP contribution in [0.15, 0.2) is 29.1 Å². The van der Waals surface area contributed by atoms with Gasteiger partial charge in [0.15, 0.2) is 0 Å². The van der Waals surface area contributed by atoms with E-state index in [1.807, 2.05) is 0 Å². The van der Waals surface area contributed by atoms with Crippen LogP contribution < -0.4 is 11.0 Å². The molecule has 1 aromatic heterocycles. The molecule has 4 bridgehead atoms. The van der Waals surface area contributed by atoms with E-state index in [1.54, 1.807) is 12.1 Å². The number of para-hydroxylation sites is 1. The second-order valence-electron chi connectivity index (χ2n) is 9.61. The summed E-state index contributed by atoms with van der Waals surface area (Å²) >= 11 is 0. The number of nitrogens with zero attached hydrogens (tertiary/aromatic N) is 2. The highest BCUT2D eigenvalue weighted by molar-refractivity contribution is 5.85. The van der Waals surface area contributed by atoms with Crippen molar-refractivity contribution in [2.24, 2.45) is 23.2 Å². The molecule has 8 heteroatoms. The van der Waals surface area contributed by atoms with Gasteiger partial charge in [-0.2, -0.15) is 13.2 Å². The summed E-state index contributed by atoms with van der Waals surface area (Å²) in [5.74, 6) is 1.09. The highest BCUT2D eigenvalue weighted by atomic mass is 19.4. The predicted octanol–water partition coefficient (Wildman–Crippen LogP) is 4.18. The minimum atomic E-state index is -4.55. The summed E-state index contributed by atoms with van der Waals surface area (Å²) in [7, 11) is 0. The van der Waals surface area contributed by atoms with Crippen LogP contribution in [0.5, 0.6) is 0 Å². The van der Waals surface area contributed by atoms with Crippen LogP contribution in [0.2, 0.25) is 0 Å². The first-order valence-electron chi connectivity index (χ1n) is 10.6. The molecule has 0 saturated heterocycles. The molecule has 30 heavy (non-hydrogen) atoms. The Morgan fingerprint density at radius 1 is 1.10 bits per heavy atom. The number of alkyl halides is 3. The molecule has 0 atom stereocenters. The fourth-order valence-electron chi connectivity index (χ4n) is 6.60. The number of aromatic nitrogens is 2. The van der Waals surface area contributed by atoms with Gasteiger partial charge < -0.3 is 0 Å². The van der Waals surface area contributed by atoms with Crippen molar-refractivity contribution in [1.82, 2.24) is 9.66 Å². The molecule has 1 aromatic carbocycles. The molecule has 4 fully saturated rings. The molecule has 4 saturated carbocycles. The van der Waals surface area contributed by atoms with Gasteiger partial charge in [0.05, 0.1) is 10.9 Å². The van der Waals surface area contributed by atoms with Crippen molar-refractivity contribution >= 4 is 16.8 Å². The van der Waals surface area contributed by atoms with Gasteiger partial charge in [0.2, 0.25) is 5.91 Å². The molecule has 1 amide bonds. The number of amides is 1. The lowest BCUT2D eigenvalue weighted by molar-refractivity contribution is -0.130. The zero-order valence-corrected chi connectivity index (χ0v) is 16.5. The van der Waals surface area contributed by atoms with Gasteiger partial charge in [-0.3, -0.25) is 15.0 Å². The first-order valence-corrected chi connectivity index (χ1v) is 10.6. The Kier molecular flexibility index (Phi) is 4.45. The van der Waals surface area contributed by atoms with E-state index in [0.717, 1.165) is 19.3 Å². The number of carbonyl (C=O) groups excluding carboxylic acids is 1. The molecule has 0 unspecified atom stereocenters. The maximum Gasteiger partial charge on any atom is 0.396 e. The van der Waals surface area contributed by atoms with Crippen molar-refractivity contribution < 1.29 is 18.0 Å². The van der Waals surface area contributed by atoms with E-state index in [-0.39, 0.29) is 22.7 Å². The molecule has 1 heterocycles. The monoisotopic (exact) mass is 419 g/mol. The topological polar surface area (TPSA) is 64.0 Å². The number of carbonyl (C=O) groups is 1. The molecule has 0 radical (unpaired) electrons. The van der Waals surface area contributed by atoms with Crippen LogP contribution in [-0.2, 0) is 11.2 Å². The zero-order chi connectivity index (χ0) is 21.1. The van der Waals surface area contributed by atoms with Crippen LogP contribution in [-0.4, -0.2) is 21.7 Å². The van der Waals surface area contributed by atoms with Crippen LogP contribution in [0.3, 0.4) is 0 Å². The summed E-state index contributed by atoms with van der Waals surface area (Å²) in [5, 5.41) is 0.179. The highest BCUT2D eigenvalue weighted by Crippen LogP contribution is 2.61. The van der Waals surface area contributed by atoms with Crippen LogP contribution in [0.25, 0.3) is 10.9 Å². The smallest absolute Gasteiger partial charge is 0.273 e. The first-order chi connectivity index (χ1) is 14.2. The summed E-state index contributed by atoms with van der Waals surface area (Å²) in [6, 6.07) is 6.24.